The Hall–Kier alpha value is -2.76. The highest BCUT2D eigenvalue weighted by Crippen LogP contribution is 2.14. The number of carbonyl (C=O) groups excluding carboxylic acids is 1. The van der Waals surface area contributed by atoms with Crippen LogP contribution in [0.1, 0.15) is 5.56 Å². The molecule has 0 spiro atoms. The largest absolute Gasteiger partial charge is 0.340 e. The predicted octanol–water partition coefficient (Wildman–Crippen LogP) is 1.53. The van der Waals surface area contributed by atoms with Crippen molar-refractivity contribution in [1.82, 2.24) is 19.9 Å². The van der Waals surface area contributed by atoms with Crippen LogP contribution < -0.4 is 5.32 Å². The van der Waals surface area contributed by atoms with Gasteiger partial charge in [0.05, 0.1) is 12.7 Å². The van der Waals surface area contributed by atoms with Gasteiger partial charge >= 0.3 is 0 Å². The molecule has 19 heavy (non-hydrogen) atoms. The molecule has 0 bridgehead atoms. The van der Waals surface area contributed by atoms with Gasteiger partial charge < -0.3 is 10.3 Å². The van der Waals surface area contributed by atoms with E-state index in [4.69, 9.17) is 0 Å². The van der Waals surface area contributed by atoms with Crippen LogP contribution in [0.25, 0.3) is 11.2 Å². The Morgan fingerprint density at radius 2 is 2.00 bits per heavy atom. The molecule has 3 rings (SSSR count). The van der Waals surface area contributed by atoms with Gasteiger partial charge in [-0.3, -0.25) is 4.79 Å². The lowest BCUT2D eigenvalue weighted by molar-refractivity contribution is -0.115. The smallest absolute Gasteiger partial charge is 0.230 e. The van der Waals surface area contributed by atoms with Gasteiger partial charge in [-0.25, -0.2) is 15.0 Å². The Labute approximate surface area is 108 Å². The Bertz CT molecular complexity index is 707. The highest BCUT2D eigenvalue weighted by Gasteiger charge is 2.09. The van der Waals surface area contributed by atoms with Crippen LogP contribution in [0, 0.1) is 0 Å². The molecule has 0 radical (unpaired) electrons. The van der Waals surface area contributed by atoms with Gasteiger partial charge in [-0.1, -0.05) is 30.3 Å². The molecule has 0 saturated heterocycles. The van der Waals surface area contributed by atoms with Crippen molar-refractivity contribution < 1.29 is 4.79 Å². The summed E-state index contributed by atoms with van der Waals surface area (Å²) in [6.45, 7) is 0. The number of benzene rings is 1. The van der Waals surface area contributed by atoms with Crippen molar-refractivity contribution in [3.63, 3.8) is 0 Å². The molecule has 0 unspecified atom stereocenters. The van der Waals surface area contributed by atoms with Crippen molar-refractivity contribution in [1.29, 1.82) is 0 Å². The van der Waals surface area contributed by atoms with Crippen LogP contribution in [0.4, 0.5) is 5.82 Å². The number of anilines is 1. The number of imidazole rings is 1. The van der Waals surface area contributed by atoms with Gasteiger partial charge in [-0.2, -0.15) is 0 Å². The van der Waals surface area contributed by atoms with Crippen molar-refractivity contribution in [3.05, 3.63) is 48.5 Å². The number of hydrogen-bond donors (Lipinski definition) is 2. The molecule has 0 fully saturated rings. The predicted molar refractivity (Wildman–Crippen MR) is 70.5 cm³/mol. The number of H-pyrrole nitrogens is 1. The fraction of sp³-hybridized carbons (Fsp3) is 0.0769. The van der Waals surface area contributed by atoms with Gasteiger partial charge in [-0.15, -0.1) is 0 Å². The van der Waals surface area contributed by atoms with E-state index in [-0.39, 0.29) is 5.91 Å². The van der Waals surface area contributed by atoms with E-state index in [2.05, 4.69) is 25.3 Å². The van der Waals surface area contributed by atoms with Crippen LogP contribution in [0.3, 0.4) is 0 Å². The topological polar surface area (TPSA) is 83.6 Å². The summed E-state index contributed by atoms with van der Waals surface area (Å²) in [5.41, 5.74) is 2.11. The first-order valence-electron chi connectivity index (χ1n) is 5.81. The number of carbonyl (C=O) groups is 1. The molecule has 6 nitrogen and oxygen atoms in total. The highest BCUT2D eigenvalue weighted by molar-refractivity contribution is 5.97. The van der Waals surface area contributed by atoms with Crippen molar-refractivity contribution in [2.24, 2.45) is 0 Å². The molecular weight excluding hydrogens is 242 g/mol. The van der Waals surface area contributed by atoms with E-state index in [1.54, 1.807) is 0 Å². The molecule has 1 amide bonds. The van der Waals surface area contributed by atoms with E-state index in [1.165, 1.54) is 12.7 Å². The average molecular weight is 253 g/mol. The molecule has 3 aromatic rings. The maximum atomic E-state index is 11.9. The third kappa shape index (κ3) is 2.42. The maximum Gasteiger partial charge on any atom is 0.230 e. The first kappa shape index (κ1) is 11.3. The second kappa shape index (κ2) is 4.85. The van der Waals surface area contributed by atoms with Crippen molar-refractivity contribution >= 4 is 22.9 Å². The minimum absolute atomic E-state index is 0.124. The quantitative estimate of drug-likeness (QED) is 0.741. The number of hydrogen-bond acceptors (Lipinski definition) is 4. The van der Waals surface area contributed by atoms with Gasteiger partial charge in [0.2, 0.25) is 5.91 Å². The SMILES string of the molecule is O=C(Cc1ccccc1)Nc1ncnc2nc[nH]c12. The molecule has 2 heterocycles. The second-order valence-corrected chi connectivity index (χ2v) is 4.03. The Morgan fingerprint density at radius 3 is 2.84 bits per heavy atom. The molecule has 0 aliphatic heterocycles. The van der Waals surface area contributed by atoms with Crippen molar-refractivity contribution in [3.8, 4) is 0 Å². The molecule has 6 heteroatoms. The normalized spacial score (nSPS) is 10.5. The molecule has 0 aliphatic carbocycles. The third-order valence-electron chi connectivity index (χ3n) is 2.69. The lowest BCUT2D eigenvalue weighted by Gasteiger charge is -2.04. The van der Waals surface area contributed by atoms with Gasteiger partial charge in [-0.05, 0) is 5.56 Å². The van der Waals surface area contributed by atoms with Gasteiger partial charge in [0.15, 0.2) is 11.5 Å². The van der Waals surface area contributed by atoms with Crippen LogP contribution in [-0.2, 0) is 11.2 Å². The van der Waals surface area contributed by atoms with Crippen LogP contribution in [-0.4, -0.2) is 25.8 Å². The molecule has 94 valence electrons. The lowest BCUT2D eigenvalue weighted by Crippen LogP contribution is -2.15. The Balaban J connectivity index is 1.78. The van der Waals surface area contributed by atoms with Gasteiger partial charge in [0, 0.05) is 0 Å². The minimum Gasteiger partial charge on any atom is -0.340 e. The van der Waals surface area contributed by atoms with Gasteiger partial charge in [0.1, 0.15) is 11.8 Å². The Kier molecular flexibility index (Phi) is 2.89. The van der Waals surface area contributed by atoms with Gasteiger partial charge in [0.25, 0.3) is 0 Å². The number of nitrogens with zero attached hydrogens (tertiary/aromatic N) is 3. The maximum absolute atomic E-state index is 11.9. The molecule has 0 atom stereocenters. The van der Waals surface area contributed by atoms with E-state index in [1.807, 2.05) is 30.3 Å². The van der Waals surface area contributed by atoms with E-state index < -0.39 is 0 Å². The summed E-state index contributed by atoms with van der Waals surface area (Å²) in [5.74, 6) is 0.323. The first-order valence-corrected chi connectivity index (χ1v) is 5.81. The number of rotatable bonds is 3. The number of nitrogens with one attached hydrogen (secondary N) is 2. The summed E-state index contributed by atoms with van der Waals surface area (Å²) in [6.07, 6.45) is 3.20. The number of aromatic nitrogens is 4. The fourth-order valence-corrected chi connectivity index (χ4v) is 1.82. The summed E-state index contributed by atoms with van der Waals surface area (Å²) in [7, 11) is 0. The molecule has 2 aromatic heterocycles. The summed E-state index contributed by atoms with van der Waals surface area (Å²) < 4.78 is 0. The minimum atomic E-state index is -0.124. The first-order chi connectivity index (χ1) is 9.33. The van der Waals surface area contributed by atoms with E-state index in [0.717, 1.165) is 5.56 Å². The molecule has 1 aromatic carbocycles. The fourth-order valence-electron chi connectivity index (χ4n) is 1.82. The molecular formula is C13H11N5O. The Morgan fingerprint density at radius 1 is 1.16 bits per heavy atom. The second-order valence-electron chi connectivity index (χ2n) is 4.03. The van der Waals surface area contributed by atoms with Crippen LogP contribution in [0.2, 0.25) is 0 Å². The summed E-state index contributed by atoms with van der Waals surface area (Å²) >= 11 is 0. The van der Waals surface area contributed by atoms with Crippen molar-refractivity contribution in [2.75, 3.05) is 5.32 Å². The zero-order valence-corrected chi connectivity index (χ0v) is 10.00. The molecule has 0 saturated carbocycles. The average Bonchev–Trinajstić information content (AvgIpc) is 2.89. The molecule has 0 aliphatic rings. The van der Waals surface area contributed by atoms with E-state index >= 15 is 0 Å². The summed E-state index contributed by atoms with van der Waals surface area (Å²) in [4.78, 5) is 26.9. The molecule has 2 N–H and O–H groups in total. The van der Waals surface area contributed by atoms with Crippen LogP contribution in [0.15, 0.2) is 43.0 Å². The monoisotopic (exact) mass is 253 g/mol. The number of fused-ring (bicyclic) bond motifs is 1. The highest BCUT2D eigenvalue weighted by atomic mass is 16.1. The summed E-state index contributed by atoms with van der Waals surface area (Å²) in [6, 6.07) is 9.54. The number of amides is 1. The third-order valence-corrected chi connectivity index (χ3v) is 2.69. The number of aromatic amines is 1. The zero-order chi connectivity index (χ0) is 13.1. The standard InChI is InChI=1S/C13H11N5O/c19-10(6-9-4-2-1-3-5-9)18-13-11-12(15-7-14-11)16-8-17-13/h1-5,7-8H,6H2,(H2,14,15,16,17,18,19). The van der Waals surface area contributed by atoms with E-state index in [9.17, 15) is 4.79 Å². The summed E-state index contributed by atoms with van der Waals surface area (Å²) in [5, 5.41) is 2.76. The zero-order valence-electron chi connectivity index (χ0n) is 10.00. The van der Waals surface area contributed by atoms with E-state index in [0.29, 0.717) is 23.4 Å². The lowest BCUT2D eigenvalue weighted by atomic mass is 10.1. The van der Waals surface area contributed by atoms with Crippen molar-refractivity contribution in [2.45, 2.75) is 6.42 Å². The van der Waals surface area contributed by atoms with Crippen LogP contribution >= 0.6 is 0 Å². The van der Waals surface area contributed by atoms with Crippen LogP contribution in [0.5, 0.6) is 0 Å².